The number of hydrogen-bond acceptors (Lipinski definition) is 5. The van der Waals surface area contributed by atoms with Gasteiger partial charge in [-0.1, -0.05) is 11.8 Å². The lowest BCUT2D eigenvalue weighted by atomic mass is 10.3. The van der Waals surface area contributed by atoms with Crippen molar-refractivity contribution in [2.45, 2.75) is 4.90 Å². The normalized spacial score (nSPS) is 10.9. The van der Waals surface area contributed by atoms with Gasteiger partial charge in [-0.2, -0.15) is 4.31 Å². The van der Waals surface area contributed by atoms with Gasteiger partial charge >= 0.3 is 0 Å². The van der Waals surface area contributed by atoms with E-state index in [9.17, 15) is 13.2 Å². The summed E-state index contributed by atoms with van der Waals surface area (Å²) in [6.07, 6.45) is 2.59. The average Bonchev–Trinajstić information content (AvgIpc) is 2.45. The molecule has 0 aliphatic heterocycles. The predicted octanol–water partition coefficient (Wildman–Crippen LogP) is -0.866. The first kappa shape index (κ1) is 17.1. The quantitative estimate of drug-likeness (QED) is 0.730. The molecule has 114 valence electrons. The summed E-state index contributed by atoms with van der Waals surface area (Å²) in [4.78, 5) is 16.7. The summed E-state index contributed by atoms with van der Waals surface area (Å²) in [6.45, 7) is -0.587. The van der Waals surface area contributed by atoms with Crippen molar-refractivity contribution >= 4 is 15.9 Å². The van der Waals surface area contributed by atoms with Crippen LogP contribution in [0.2, 0.25) is 0 Å². The topological polar surface area (TPSA) is 90.8 Å². The Kier molecular flexibility index (Phi) is 5.84. The van der Waals surface area contributed by atoms with Crippen LogP contribution in [0.25, 0.3) is 0 Å². The van der Waals surface area contributed by atoms with Gasteiger partial charge in [-0.05, 0) is 6.07 Å². The third-order valence-electron chi connectivity index (χ3n) is 2.59. The molecule has 0 aliphatic rings. The van der Waals surface area contributed by atoms with Gasteiger partial charge in [0.15, 0.2) is 0 Å². The largest absolute Gasteiger partial charge is 0.384 e. The molecule has 0 saturated carbocycles. The monoisotopic (exact) mass is 311 g/mol. The summed E-state index contributed by atoms with van der Waals surface area (Å²) >= 11 is 0. The van der Waals surface area contributed by atoms with Crippen LogP contribution in [0.3, 0.4) is 0 Å². The van der Waals surface area contributed by atoms with E-state index in [1.807, 2.05) is 0 Å². The van der Waals surface area contributed by atoms with Gasteiger partial charge in [-0.15, -0.1) is 0 Å². The van der Waals surface area contributed by atoms with Crippen molar-refractivity contribution in [1.82, 2.24) is 14.2 Å². The lowest BCUT2D eigenvalue weighted by Crippen LogP contribution is -2.37. The zero-order valence-electron chi connectivity index (χ0n) is 12.1. The number of aliphatic hydroxyl groups excluding tert-OH is 1. The van der Waals surface area contributed by atoms with Crippen LogP contribution < -0.4 is 0 Å². The minimum absolute atomic E-state index is 0.0544. The van der Waals surface area contributed by atoms with E-state index in [1.54, 1.807) is 14.1 Å². The molecule has 0 unspecified atom stereocenters. The van der Waals surface area contributed by atoms with Gasteiger partial charge in [0.25, 0.3) is 0 Å². The zero-order valence-corrected chi connectivity index (χ0v) is 12.9. The van der Waals surface area contributed by atoms with Crippen LogP contribution in [0.15, 0.2) is 23.4 Å². The minimum Gasteiger partial charge on any atom is -0.384 e. The molecule has 0 aromatic carbocycles. The molecule has 0 aliphatic carbocycles. The van der Waals surface area contributed by atoms with E-state index in [-0.39, 0.29) is 24.0 Å². The van der Waals surface area contributed by atoms with Crippen LogP contribution in [0, 0.1) is 11.8 Å². The van der Waals surface area contributed by atoms with Crippen molar-refractivity contribution in [3.63, 3.8) is 0 Å². The number of carbonyl (C=O) groups is 1. The predicted molar refractivity (Wildman–Crippen MR) is 76.7 cm³/mol. The number of likely N-dealkylation sites (N-methyl/N-ethyl adjacent to an activating group) is 2. The second-order valence-electron chi connectivity index (χ2n) is 4.42. The van der Waals surface area contributed by atoms with E-state index in [0.29, 0.717) is 5.56 Å². The number of amides is 1. The Morgan fingerprint density at radius 2 is 2.00 bits per heavy atom. The summed E-state index contributed by atoms with van der Waals surface area (Å²) in [5.41, 5.74) is 0.373. The van der Waals surface area contributed by atoms with Crippen LogP contribution in [0.1, 0.15) is 5.56 Å². The molecule has 8 heteroatoms. The third kappa shape index (κ3) is 4.53. The highest BCUT2D eigenvalue weighted by molar-refractivity contribution is 7.89. The van der Waals surface area contributed by atoms with Gasteiger partial charge in [-0.3, -0.25) is 9.78 Å². The zero-order chi connectivity index (χ0) is 16.0. The fourth-order valence-electron chi connectivity index (χ4n) is 1.37. The summed E-state index contributed by atoms with van der Waals surface area (Å²) in [6, 6.07) is 1.35. The fraction of sp³-hybridized carbons (Fsp3) is 0.385. The lowest BCUT2D eigenvalue weighted by Gasteiger charge is -2.19. The number of sulfonamides is 1. The maximum absolute atomic E-state index is 12.3. The molecule has 7 nitrogen and oxygen atoms in total. The molecule has 1 aromatic heterocycles. The van der Waals surface area contributed by atoms with Crippen molar-refractivity contribution in [2.24, 2.45) is 0 Å². The van der Waals surface area contributed by atoms with Crippen LogP contribution >= 0.6 is 0 Å². The number of aliphatic hydroxyl groups is 1. The molecule has 0 fully saturated rings. The van der Waals surface area contributed by atoms with Crippen LogP contribution in [-0.2, 0) is 14.8 Å². The Bertz CT molecular complexity index is 674. The molecule has 1 N–H and O–H groups in total. The van der Waals surface area contributed by atoms with Crippen LogP contribution in [-0.4, -0.2) is 67.9 Å². The molecule has 0 bridgehead atoms. The Labute approximate surface area is 124 Å². The molecule has 1 rings (SSSR count). The van der Waals surface area contributed by atoms with Crippen molar-refractivity contribution in [3.05, 3.63) is 24.0 Å². The molecule has 0 saturated heterocycles. The summed E-state index contributed by atoms with van der Waals surface area (Å²) in [5, 5.41) is 8.63. The van der Waals surface area contributed by atoms with Gasteiger partial charge < -0.3 is 10.0 Å². The second kappa shape index (κ2) is 7.17. The van der Waals surface area contributed by atoms with Crippen molar-refractivity contribution < 1.29 is 18.3 Å². The molecular weight excluding hydrogens is 294 g/mol. The minimum atomic E-state index is -3.82. The number of pyridine rings is 1. The SMILES string of the molecule is CN(C)C(=O)CN(C)S(=O)(=O)c1cncc(C#CCO)c1. The van der Waals surface area contributed by atoms with Gasteiger partial charge in [0.05, 0.1) is 6.54 Å². The van der Waals surface area contributed by atoms with Gasteiger partial charge in [-0.25, -0.2) is 8.42 Å². The molecule has 1 amide bonds. The molecule has 0 atom stereocenters. The summed E-state index contributed by atoms with van der Waals surface area (Å²) < 4.78 is 25.6. The first-order valence-electron chi connectivity index (χ1n) is 6.00. The smallest absolute Gasteiger partial charge is 0.244 e. The fourth-order valence-corrected chi connectivity index (χ4v) is 2.48. The lowest BCUT2D eigenvalue weighted by molar-refractivity contribution is -0.128. The number of rotatable bonds is 4. The molecule has 0 radical (unpaired) electrons. The summed E-state index contributed by atoms with van der Waals surface area (Å²) in [5.74, 6) is 4.67. The Morgan fingerprint density at radius 3 is 2.57 bits per heavy atom. The van der Waals surface area contributed by atoms with E-state index in [1.165, 1.54) is 30.4 Å². The van der Waals surface area contributed by atoms with Gasteiger partial charge in [0.1, 0.15) is 11.5 Å². The molecule has 21 heavy (non-hydrogen) atoms. The van der Waals surface area contributed by atoms with Crippen molar-refractivity contribution in [1.29, 1.82) is 0 Å². The third-order valence-corrected chi connectivity index (χ3v) is 4.36. The molecule has 1 aromatic rings. The van der Waals surface area contributed by atoms with E-state index < -0.39 is 10.0 Å². The van der Waals surface area contributed by atoms with E-state index in [0.717, 1.165) is 4.31 Å². The first-order chi connectivity index (χ1) is 9.78. The highest BCUT2D eigenvalue weighted by Gasteiger charge is 2.24. The highest BCUT2D eigenvalue weighted by atomic mass is 32.2. The summed E-state index contributed by atoms with van der Waals surface area (Å²) in [7, 11) is 0.602. The maximum Gasteiger partial charge on any atom is 0.244 e. The van der Waals surface area contributed by atoms with E-state index in [4.69, 9.17) is 5.11 Å². The van der Waals surface area contributed by atoms with E-state index in [2.05, 4.69) is 16.8 Å². The number of carbonyl (C=O) groups excluding carboxylic acids is 1. The number of nitrogens with zero attached hydrogens (tertiary/aromatic N) is 3. The second-order valence-corrected chi connectivity index (χ2v) is 6.46. The van der Waals surface area contributed by atoms with Crippen LogP contribution in [0.4, 0.5) is 0 Å². The maximum atomic E-state index is 12.3. The number of hydrogen-bond donors (Lipinski definition) is 1. The van der Waals surface area contributed by atoms with E-state index >= 15 is 0 Å². The highest BCUT2D eigenvalue weighted by Crippen LogP contribution is 2.14. The van der Waals surface area contributed by atoms with Gasteiger partial charge in [0, 0.05) is 39.1 Å². The average molecular weight is 311 g/mol. The number of aromatic nitrogens is 1. The van der Waals surface area contributed by atoms with Crippen LogP contribution in [0.5, 0.6) is 0 Å². The van der Waals surface area contributed by atoms with Gasteiger partial charge in [0.2, 0.25) is 15.9 Å². The first-order valence-corrected chi connectivity index (χ1v) is 7.44. The molecular formula is C13H17N3O4S. The molecule has 0 spiro atoms. The van der Waals surface area contributed by atoms with Crippen molar-refractivity contribution in [2.75, 3.05) is 34.3 Å². The standard InChI is InChI=1S/C13H17N3O4S/c1-15(2)13(18)10-16(3)21(19,20)12-7-11(5-4-6-17)8-14-9-12/h7-9,17H,6,10H2,1-3H3. The Morgan fingerprint density at radius 1 is 1.33 bits per heavy atom. The van der Waals surface area contributed by atoms with Crippen molar-refractivity contribution in [3.8, 4) is 11.8 Å². The molecule has 1 heterocycles. The Hall–Kier alpha value is -1.95. The Balaban J connectivity index is 3.05.